The van der Waals surface area contributed by atoms with Crippen molar-refractivity contribution in [1.82, 2.24) is 20.8 Å². The number of rotatable bonds is 5. The van der Waals surface area contributed by atoms with Gasteiger partial charge in [0.15, 0.2) is 0 Å². The fourth-order valence-corrected chi connectivity index (χ4v) is 4.51. The smallest absolute Gasteiger partial charge is 0.315 e. The van der Waals surface area contributed by atoms with Crippen LogP contribution in [0.1, 0.15) is 24.8 Å². The van der Waals surface area contributed by atoms with Gasteiger partial charge in [-0.1, -0.05) is 41.7 Å². The van der Waals surface area contributed by atoms with Gasteiger partial charge in [-0.2, -0.15) is 11.8 Å². The fourth-order valence-electron chi connectivity index (χ4n) is 2.48. The second kappa shape index (κ2) is 7.31. The summed E-state index contributed by atoms with van der Waals surface area (Å²) < 4.78 is 0.181. The Balaban J connectivity index is 1.47. The number of amides is 2. The van der Waals surface area contributed by atoms with E-state index in [1.165, 1.54) is 23.5 Å². The minimum absolute atomic E-state index is 0.143. The van der Waals surface area contributed by atoms with Gasteiger partial charge >= 0.3 is 6.03 Å². The van der Waals surface area contributed by atoms with Crippen LogP contribution in [0.4, 0.5) is 4.79 Å². The molecular weight excluding hydrogens is 328 g/mol. The van der Waals surface area contributed by atoms with Gasteiger partial charge in [-0.05, 0) is 25.5 Å². The van der Waals surface area contributed by atoms with Gasteiger partial charge in [-0.3, -0.25) is 0 Å². The molecule has 3 rings (SSSR count). The van der Waals surface area contributed by atoms with Crippen molar-refractivity contribution in [1.29, 1.82) is 0 Å². The molecule has 0 spiro atoms. The van der Waals surface area contributed by atoms with Crippen LogP contribution in [0.2, 0.25) is 0 Å². The van der Waals surface area contributed by atoms with Crippen LogP contribution >= 0.6 is 23.1 Å². The molecule has 2 heterocycles. The maximum Gasteiger partial charge on any atom is 0.315 e. The molecule has 0 aliphatic carbocycles. The molecule has 2 amide bonds. The number of benzene rings is 1. The van der Waals surface area contributed by atoms with Gasteiger partial charge in [-0.15, -0.1) is 10.2 Å². The van der Waals surface area contributed by atoms with E-state index in [2.05, 4.69) is 27.8 Å². The predicted molar refractivity (Wildman–Crippen MR) is 95.7 cm³/mol. The number of urea groups is 1. The standard InChI is InChI=1S/C16H20N4OS2/c1-16(8-5-9-22-16)11-18-15(21)17-10-13-19-20-14(23-13)12-6-3-2-4-7-12/h2-4,6-7H,5,8-11H2,1H3,(H2,17,18,21)/t16-/m1/s1. The lowest BCUT2D eigenvalue weighted by molar-refractivity contribution is 0.239. The SMILES string of the molecule is C[C@]1(CNC(=O)NCc2nnc(-c3ccccc3)s2)CCCS1. The molecular formula is C16H20N4OS2. The number of thioether (sulfide) groups is 1. The second-order valence-corrected chi connectivity index (χ2v) is 8.55. The minimum Gasteiger partial charge on any atom is -0.337 e. The number of hydrogen-bond acceptors (Lipinski definition) is 5. The third-order valence-corrected chi connectivity index (χ3v) is 6.32. The van der Waals surface area contributed by atoms with Crippen molar-refractivity contribution in [3.8, 4) is 10.6 Å². The lowest BCUT2D eigenvalue weighted by Gasteiger charge is -2.22. The normalized spacial score (nSPS) is 20.4. The highest BCUT2D eigenvalue weighted by atomic mass is 32.2. The first-order valence-corrected chi connectivity index (χ1v) is 9.48. The van der Waals surface area contributed by atoms with E-state index in [4.69, 9.17) is 0 Å². The molecule has 2 aromatic rings. The monoisotopic (exact) mass is 348 g/mol. The molecule has 0 radical (unpaired) electrons. The van der Waals surface area contributed by atoms with Gasteiger partial charge in [-0.25, -0.2) is 4.79 Å². The van der Waals surface area contributed by atoms with Gasteiger partial charge in [0.25, 0.3) is 0 Å². The van der Waals surface area contributed by atoms with Crippen molar-refractivity contribution in [2.24, 2.45) is 0 Å². The number of carbonyl (C=O) groups is 1. The highest BCUT2D eigenvalue weighted by Crippen LogP contribution is 2.36. The van der Waals surface area contributed by atoms with Gasteiger partial charge in [0.05, 0.1) is 6.54 Å². The van der Waals surface area contributed by atoms with Crippen molar-refractivity contribution in [3.63, 3.8) is 0 Å². The Morgan fingerprint density at radius 1 is 1.26 bits per heavy atom. The average Bonchev–Trinajstić information content (AvgIpc) is 3.22. The van der Waals surface area contributed by atoms with Crippen LogP contribution in [-0.2, 0) is 6.54 Å². The van der Waals surface area contributed by atoms with Crippen LogP contribution in [0.3, 0.4) is 0 Å². The summed E-state index contributed by atoms with van der Waals surface area (Å²) in [6, 6.07) is 9.79. The van der Waals surface area contributed by atoms with Crippen molar-refractivity contribution in [3.05, 3.63) is 35.3 Å². The largest absolute Gasteiger partial charge is 0.337 e. The second-order valence-electron chi connectivity index (χ2n) is 5.81. The summed E-state index contributed by atoms with van der Waals surface area (Å²) >= 11 is 3.44. The first-order chi connectivity index (χ1) is 11.1. The molecule has 1 fully saturated rings. The molecule has 5 nitrogen and oxygen atoms in total. The summed E-state index contributed by atoms with van der Waals surface area (Å²) in [5.41, 5.74) is 1.05. The van der Waals surface area contributed by atoms with Crippen LogP contribution in [0.15, 0.2) is 30.3 Å². The molecule has 0 bridgehead atoms. The molecule has 1 aliphatic rings. The Morgan fingerprint density at radius 3 is 2.83 bits per heavy atom. The Kier molecular flexibility index (Phi) is 5.17. The summed E-state index contributed by atoms with van der Waals surface area (Å²) in [6.07, 6.45) is 2.40. The molecule has 1 aromatic carbocycles. The van der Waals surface area contributed by atoms with E-state index in [-0.39, 0.29) is 10.8 Å². The number of hydrogen-bond donors (Lipinski definition) is 2. The van der Waals surface area contributed by atoms with E-state index in [0.29, 0.717) is 13.1 Å². The predicted octanol–water partition coefficient (Wildman–Crippen LogP) is 3.29. The third kappa shape index (κ3) is 4.45. The average molecular weight is 348 g/mol. The van der Waals surface area contributed by atoms with Crippen LogP contribution < -0.4 is 10.6 Å². The van der Waals surface area contributed by atoms with E-state index >= 15 is 0 Å². The van der Waals surface area contributed by atoms with Crippen LogP contribution in [0, 0.1) is 0 Å². The Bertz CT molecular complexity index is 653. The zero-order valence-electron chi connectivity index (χ0n) is 13.0. The number of carbonyl (C=O) groups excluding carboxylic acids is 1. The molecule has 1 atom stereocenters. The molecule has 1 saturated heterocycles. The Labute approximate surface area is 144 Å². The lowest BCUT2D eigenvalue weighted by atomic mass is 10.1. The Hall–Kier alpha value is -1.60. The van der Waals surface area contributed by atoms with Crippen LogP contribution in [0.25, 0.3) is 10.6 Å². The molecule has 0 unspecified atom stereocenters. The molecule has 1 aliphatic heterocycles. The summed E-state index contributed by atoms with van der Waals surface area (Å²) in [6.45, 7) is 3.32. The van der Waals surface area contributed by atoms with Gasteiger partial charge in [0.2, 0.25) is 0 Å². The van der Waals surface area contributed by atoms with E-state index in [1.807, 2.05) is 42.1 Å². The minimum atomic E-state index is -0.143. The van der Waals surface area contributed by atoms with E-state index in [9.17, 15) is 4.79 Å². The molecule has 7 heteroatoms. The first kappa shape index (κ1) is 16.3. The zero-order chi connectivity index (χ0) is 16.1. The molecule has 0 saturated carbocycles. The number of nitrogens with one attached hydrogen (secondary N) is 2. The quantitative estimate of drug-likeness (QED) is 0.870. The third-order valence-electron chi connectivity index (χ3n) is 3.81. The van der Waals surface area contributed by atoms with Gasteiger partial charge in [0, 0.05) is 16.9 Å². The van der Waals surface area contributed by atoms with Crippen molar-refractivity contribution < 1.29 is 4.79 Å². The summed E-state index contributed by atoms with van der Waals surface area (Å²) in [5, 5.41) is 15.8. The summed E-state index contributed by atoms with van der Waals surface area (Å²) in [5.74, 6) is 1.19. The van der Waals surface area contributed by atoms with E-state index in [1.54, 1.807) is 0 Å². The number of nitrogens with zero attached hydrogens (tertiary/aromatic N) is 2. The van der Waals surface area contributed by atoms with Gasteiger partial charge < -0.3 is 10.6 Å². The van der Waals surface area contributed by atoms with Crippen molar-refractivity contribution in [2.75, 3.05) is 12.3 Å². The summed E-state index contributed by atoms with van der Waals surface area (Å²) in [7, 11) is 0. The highest BCUT2D eigenvalue weighted by molar-refractivity contribution is 8.00. The van der Waals surface area contributed by atoms with E-state index in [0.717, 1.165) is 22.0 Å². The maximum atomic E-state index is 11.9. The zero-order valence-corrected chi connectivity index (χ0v) is 14.7. The first-order valence-electron chi connectivity index (χ1n) is 7.68. The molecule has 122 valence electrons. The maximum absolute atomic E-state index is 11.9. The van der Waals surface area contributed by atoms with E-state index < -0.39 is 0 Å². The Morgan fingerprint density at radius 2 is 2.09 bits per heavy atom. The molecule has 2 N–H and O–H groups in total. The lowest BCUT2D eigenvalue weighted by Crippen LogP contribution is -2.42. The van der Waals surface area contributed by atoms with Gasteiger partial charge in [0.1, 0.15) is 10.0 Å². The number of aromatic nitrogens is 2. The van der Waals surface area contributed by atoms with Crippen molar-refractivity contribution in [2.45, 2.75) is 31.1 Å². The fraction of sp³-hybridized carbons (Fsp3) is 0.438. The molecule has 23 heavy (non-hydrogen) atoms. The van der Waals surface area contributed by atoms with Crippen LogP contribution in [0.5, 0.6) is 0 Å². The highest BCUT2D eigenvalue weighted by Gasteiger charge is 2.29. The van der Waals surface area contributed by atoms with Crippen molar-refractivity contribution >= 4 is 29.1 Å². The van der Waals surface area contributed by atoms with Crippen LogP contribution in [-0.4, -0.2) is 33.3 Å². The molecule has 1 aromatic heterocycles. The topological polar surface area (TPSA) is 66.9 Å². The summed E-state index contributed by atoms with van der Waals surface area (Å²) in [4.78, 5) is 11.9.